The van der Waals surface area contributed by atoms with Gasteiger partial charge in [-0.3, -0.25) is 14.9 Å². The number of hydrogen-bond acceptors (Lipinski definition) is 6. The molecule has 2 heterocycles. The standard InChI is InChI=1S/C20H20N4O4S/c25-18(24-20(27)23-12-15-6-4-10-29-15)13-21-17-8-2-1-7-16(17)19(26)22-11-14-5-3-9-28-14/h1-10,21H,11-13H2,(H,22,26)(H2,23,24,25,27). The first-order chi connectivity index (χ1) is 14.1. The van der Waals surface area contributed by atoms with Crippen LogP contribution in [0.2, 0.25) is 0 Å². The molecule has 0 aliphatic rings. The first kappa shape index (κ1) is 20.2. The number of carbonyl (C=O) groups excluding carboxylic acids is 3. The number of hydrogen-bond donors (Lipinski definition) is 4. The van der Waals surface area contributed by atoms with Gasteiger partial charge in [0.05, 0.1) is 31.5 Å². The molecule has 1 aromatic carbocycles. The third-order valence-corrected chi connectivity index (χ3v) is 4.75. The summed E-state index contributed by atoms with van der Waals surface area (Å²) in [6.45, 7) is 0.447. The van der Waals surface area contributed by atoms with E-state index in [1.165, 1.54) is 17.6 Å². The molecule has 3 rings (SSSR count). The van der Waals surface area contributed by atoms with Crippen LogP contribution in [0.4, 0.5) is 10.5 Å². The van der Waals surface area contributed by atoms with Gasteiger partial charge in [-0.15, -0.1) is 11.3 Å². The van der Waals surface area contributed by atoms with Gasteiger partial charge in [0.2, 0.25) is 5.91 Å². The molecule has 0 aliphatic heterocycles. The number of imide groups is 1. The van der Waals surface area contributed by atoms with Crippen LogP contribution in [0, 0.1) is 0 Å². The van der Waals surface area contributed by atoms with Crippen LogP contribution in [0.1, 0.15) is 21.0 Å². The Morgan fingerprint density at radius 1 is 0.931 bits per heavy atom. The Labute approximate surface area is 171 Å². The minimum absolute atomic E-state index is 0.158. The molecule has 0 unspecified atom stereocenters. The summed E-state index contributed by atoms with van der Waals surface area (Å²) in [7, 11) is 0. The SMILES string of the molecule is O=C(CNc1ccccc1C(=O)NCc1ccco1)NC(=O)NCc1cccs1. The van der Waals surface area contributed by atoms with Gasteiger partial charge in [-0.25, -0.2) is 4.79 Å². The van der Waals surface area contributed by atoms with Crippen molar-refractivity contribution < 1.29 is 18.8 Å². The highest BCUT2D eigenvalue weighted by molar-refractivity contribution is 7.09. The number of amides is 4. The summed E-state index contributed by atoms with van der Waals surface area (Å²) in [6.07, 6.45) is 1.53. The predicted octanol–water partition coefficient (Wildman–Crippen LogP) is 2.71. The molecule has 4 amide bonds. The van der Waals surface area contributed by atoms with Crippen molar-refractivity contribution in [3.05, 3.63) is 76.4 Å². The van der Waals surface area contributed by atoms with Gasteiger partial charge >= 0.3 is 6.03 Å². The number of urea groups is 1. The lowest BCUT2D eigenvalue weighted by atomic mass is 10.1. The van der Waals surface area contributed by atoms with Gasteiger partial charge in [-0.2, -0.15) is 0 Å². The van der Waals surface area contributed by atoms with E-state index in [2.05, 4.69) is 21.3 Å². The van der Waals surface area contributed by atoms with Gasteiger partial charge in [0.1, 0.15) is 5.76 Å². The normalized spacial score (nSPS) is 10.2. The largest absolute Gasteiger partial charge is 0.467 e. The molecule has 3 aromatic rings. The van der Waals surface area contributed by atoms with Crippen molar-refractivity contribution in [2.24, 2.45) is 0 Å². The zero-order chi connectivity index (χ0) is 20.5. The first-order valence-electron chi connectivity index (χ1n) is 8.85. The van der Waals surface area contributed by atoms with Crippen LogP contribution in [-0.2, 0) is 17.9 Å². The van der Waals surface area contributed by atoms with E-state index >= 15 is 0 Å². The second-order valence-corrected chi connectivity index (χ2v) is 7.00. The summed E-state index contributed by atoms with van der Waals surface area (Å²) in [5.74, 6) is -0.185. The first-order valence-corrected chi connectivity index (χ1v) is 9.73. The lowest BCUT2D eigenvalue weighted by Crippen LogP contribution is -2.41. The maximum Gasteiger partial charge on any atom is 0.321 e. The average Bonchev–Trinajstić information content (AvgIpc) is 3.43. The molecule has 0 spiro atoms. The topological polar surface area (TPSA) is 112 Å². The Hall–Kier alpha value is -3.59. The molecule has 0 radical (unpaired) electrons. The van der Waals surface area contributed by atoms with Crippen LogP contribution < -0.4 is 21.3 Å². The summed E-state index contributed by atoms with van der Waals surface area (Å²) in [4.78, 5) is 37.2. The van der Waals surface area contributed by atoms with Crippen molar-refractivity contribution in [2.45, 2.75) is 13.1 Å². The van der Waals surface area contributed by atoms with Crippen molar-refractivity contribution in [1.29, 1.82) is 0 Å². The van der Waals surface area contributed by atoms with Crippen molar-refractivity contribution in [3.63, 3.8) is 0 Å². The van der Waals surface area contributed by atoms with Crippen LogP contribution in [0.25, 0.3) is 0 Å². The molecular formula is C20H20N4O4S. The van der Waals surface area contributed by atoms with Gasteiger partial charge in [-0.05, 0) is 35.7 Å². The molecular weight excluding hydrogens is 392 g/mol. The van der Waals surface area contributed by atoms with E-state index in [9.17, 15) is 14.4 Å². The van der Waals surface area contributed by atoms with Gasteiger partial charge < -0.3 is 20.4 Å². The monoisotopic (exact) mass is 412 g/mol. The second-order valence-electron chi connectivity index (χ2n) is 5.97. The summed E-state index contributed by atoms with van der Waals surface area (Å²) in [6, 6.07) is 13.5. The van der Waals surface area contributed by atoms with E-state index in [4.69, 9.17) is 4.42 Å². The molecule has 150 valence electrons. The minimum Gasteiger partial charge on any atom is -0.467 e. The number of thiophene rings is 1. The molecule has 0 atom stereocenters. The fourth-order valence-electron chi connectivity index (χ4n) is 2.48. The third-order valence-electron chi connectivity index (χ3n) is 3.87. The zero-order valence-electron chi connectivity index (χ0n) is 15.4. The molecule has 0 fully saturated rings. The number of para-hydroxylation sites is 1. The predicted molar refractivity (Wildman–Crippen MR) is 110 cm³/mol. The smallest absolute Gasteiger partial charge is 0.321 e. The summed E-state index contributed by atoms with van der Waals surface area (Å²) in [5.41, 5.74) is 0.868. The number of carbonyl (C=O) groups is 3. The second kappa shape index (κ2) is 10.1. The summed E-state index contributed by atoms with van der Waals surface area (Å²) in [5, 5.41) is 12.4. The number of anilines is 1. The maximum absolute atomic E-state index is 12.4. The Morgan fingerprint density at radius 3 is 2.55 bits per heavy atom. The van der Waals surface area contributed by atoms with Gasteiger partial charge in [0.25, 0.3) is 5.91 Å². The summed E-state index contributed by atoms with van der Waals surface area (Å²) >= 11 is 1.52. The van der Waals surface area contributed by atoms with Crippen molar-refractivity contribution in [1.82, 2.24) is 16.0 Å². The Morgan fingerprint density at radius 2 is 1.79 bits per heavy atom. The highest BCUT2D eigenvalue weighted by Crippen LogP contribution is 2.15. The molecule has 0 saturated carbocycles. The van der Waals surface area contributed by atoms with Crippen LogP contribution in [0.15, 0.2) is 64.6 Å². The highest BCUT2D eigenvalue weighted by Gasteiger charge is 2.13. The van der Waals surface area contributed by atoms with Crippen molar-refractivity contribution in [2.75, 3.05) is 11.9 Å². The maximum atomic E-state index is 12.4. The van der Waals surface area contributed by atoms with Crippen LogP contribution >= 0.6 is 11.3 Å². The third kappa shape index (κ3) is 6.22. The molecule has 29 heavy (non-hydrogen) atoms. The highest BCUT2D eigenvalue weighted by atomic mass is 32.1. The molecule has 0 saturated heterocycles. The lowest BCUT2D eigenvalue weighted by molar-refractivity contribution is -0.118. The molecule has 0 aliphatic carbocycles. The molecule has 8 nitrogen and oxygen atoms in total. The fourth-order valence-corrected chi connectivity index (χ4v) is 3.13. The molecule has 2 aromatic heterocycles. The summed E-state index contributed by atoms with van der Waals surface area (Å²) < 4.78 is 5.19. The van der Waals surface area contributed by atoms with E-state index in [1.54, 1.807) is 36.4 Å². The van der Waals surface area contributed by atoms with Crippen LogP contribution in [-0.4, -0.2) is 24.4 Å². The average molecular weight is 412 g/mol. The van der Waals surface area contributed by atoms with E-state index in [-0.39, 0.29) is 19.0 Å². The van der Waals surface area contributed by atoms with E-state index in [0.29, 0.717) is 23.6 Å². The Kier molecular flexibility index (Phi) is 7.01. The van der Waals surface area contributed by atoms with Crippen molar-refractivity contribution >= 4 is 34.9 Å². The number of nitrogens with one attached hydrogen (secondary N) is 4. The van der Waals surface area contributed by atoms with E-state index in [0.717, 1.165) is 4.88 Å². The Bertz CT molecular complexity index is 955. The number of rotatable bonds is 8. The Balaban J connectivity index is 1.47. The van der Waals surface area contributed by atoms with E-state index < -0.39 is 11.9 Å². The van der Waals surface area contributed by atoms with E-state index in [1.807, 2.05) is 17.5 Å². The molecule has 0 bridgehead atoms. The lowest BCUT2D eigenvalue weighted by Gasteiger charge is -2.12. The molecule has 4 N–H and O–H groups in total. The van der Waals surface area contributed by atoms with Crippen LogP contribution in [0.5, 0.6) is 0 Å². The minimum atomic E-state index is -0.574. The molecule has 9 heteroatoms. The zero-order valence-corrected chi connectivity index (χ0v) is 16.3. The number of furan rings is 1. The van der Waals surface area contributed by atoms with Gasteiger partial charge in [0.15, 0.2) is 0 Å². The van der Waals surface area contributed by atoms with Crippen LogP contribution in [0.3, 0.4) is 0 Å². The fraction of sp³-hybridized carbons (Fsp3) is 0.150. The quantitative estimate of drug-likeness (QED) is 0.454. The number of benzene rings is 1. The van der Waals surface area contributed by atoms with Gasteiger partial charge in [0, 0.05) is 10.6 Å². The van der Waals surface area contributed by atoms with Crippen molar-refractivity contribution in [3.8, 4) is 0 Å². The van der Waals surface area contributed by atoms with Gasteiger partial charge in [-0.1, -0.05) is 18.2 Å².